The minimum atomic E-state index is -0.320. The Kier molecular flexibility index (Phi) is 6.08. The summed E-state index contributed by atoms with van der Waals surface area (Å²) in [6.07, 6.45) is 1.50. The Morgan fingerprint density at radius 2 is 1.94 bits per heavy atom. The standard InChI is InChI=1S/C21H21N5O3S.ClH/c1-13-23-18(24-29-13)12-25-16-11-17(14-5-3-2-4-6-14)30-19(16)20(27)26(21(25)28)15-7-9-22-10-8-15;/h2-6,11,15,22H,7-10,12H2,1H3;1H. The summed E-state index contributed by atoms with van der Waals surface area (Å²) in [6.45, 7) is 3.45. The van der Waals surface area contributed by atoms with Gasteiger partial charge in [-0.05, 0) is 37.6 Å². The van der Waals surface area contributed by atoms with Crippen molar-refractivity contribution < 1.29 is 4.52 Å². The van der Waals surface area contributed by atoms with Crippen LogP contribution in [0.25, 0.3) is 20.7 Å². The molecule has 0 bridgehead atoms. The molecule has 4 aromatic rings. The van der Waals surface area contributed by atoms with Crippen LogP contribution in [-0.2, 0) is 6.54 Å². The monoisotopic (exact) mass is 459 g/mol. The van der Waals surface area contributed by atoms with Gasteiger partial charge in [-0.1, -0.05) is 35.5 Å². The SMILES string of the molecule is Cc1nc(Cn2c(=O)n(C3CCNCC3)c(=O)c3sc(-c4ccccc4)cc32)no1.Cl. The zero-order valence-corrected chi connectivity index (χ0v) is 18.5. The Bertz CT molecular complexity index is 1320. The number of rotatable bonds is 4. The average Bonchev–Trinajstić information content (AvgIpc) is 3.39. The van der Waals surface area contributed by atoms with Crippen molar-refractivity contribution in [3.63, 3.8) is 0 Å². The second kappa shape index (κ2) is 8.78. The van der Waals surface area contributed by atoms with Gasteiger partial charge in [0.1, 0.15) is 4.70 Å². The summed E-state index contributed by atoms with van der Waals surface area (Å²) < 4.78 is 8.69. The zero-order chi connectivity index (χ0) is 20.7. The van der Waals surface area contributed by atoms with E-state index in [0.717, 1.165) is 36.4 Å². The molecule has 31 heavy (non-hydrogen) atoms. The summed E-state index contributed by atoms with van der Waals surface area (Å²) in [5, 5.41) is 7.24. The van der Waals surface area contributed by atoms with Crippen LogP contribution in [0.1, 0.15) is 30.6 Å². The van der Waals surface area contributed by atoms with Crippen molar-refractivity contribution in [2.75, 3.05) is 13.1 Å². The van der Waals surface area contributed by atoms with Crippen molar-refractivity contribution in [2.45, 2.75) is 32.4 Å². The van der Waals surface area contributed by atoms with Gasteiger partial charge >= 0.3 is 5.69 Å². The maximum absolute atomic E-state index is 13.5. The largest absolute Gasteiger partial charge is 0.340 e. The number of nitrogens with zero attached hydrogens (tertiary/aromatic N) is 4. The van der Waals surface area contributed by atoms with Crippen LogP contribution in [0.4, 0.5) is 0 Å². The van der Waals surface area contributed by atoms with Gasteiger partial charge in [-0.15, -0.1) is 23.7 Å². The van der Waals surface area contributed by atoms with E-state index in [0.29, 0.717) is 21.9 Å². The molecule has 1 aliphatic rings. The summed E-state index contributed by atoms with van der Waals surface area (Å²) in [5.74, 6) is 0.857. The van der Waals surface area contributed by atoms with Gasteiger partial charge in [-0.25, -0.2) is 4.79 Å². The van der Waals surface area contributed by atoms with Crippen molar-refractivity contribution in [3.8, 4) is 10.4 Å². The first-order valence-corrected chi connectivity index (χ1v) is 10.8. The predicted octanol–water partition coefficient (Wildman–Crippen LogP) is 2.98. The Morgan fingerprint density at radius 3 is 2.61 bits per heavy atom. The Labute approximate surface area is 187 Å². The normalized spacial score (nSPS) is 14.6. The smallest absolute Gasteiger partial charge is 0.332 e. The van der Waals surface area contributed by atoms with Crippen molar-refractivity contribution in [2.24, 2.45) is 0 Å². The molecule has 3 aromatic heterocycles. The van der Waals surface area contributed by atoms with Gasteiger partial charge < -0.3 is 9.84 Å². The number of fused-ring (bicyclic) bond motifs is 1. The van der Waals surface area contributed by atoms with Crippen molar-refractivity contribution in [3.05, 3.63) is 69.0 Å². The molecule has 0 spiro atoms. The van der Waals surface area contributed by atoms with Crippen LogP contribution < -0.4 is 16.6 Å². The van der Waals surface area contributed by atoms with Crippen LogP contribution in [0.15, 0.2) is 50.5 Å². The molecule has 1 N–H and O–H groups in total. The van der Waals surface area contributed by atoms with E-state index in [1.54, 1.807) is 11.5 Å². The third-order valence-electron chi connectivity index (χ3n) is 5.45. The lowest BCUT2D eigenvalue weighted by Crippen LogP contribution is -2.45. The van der Waals surface area contributed by atoms with Gasteiger partial charge in [0.25, 0.3) is 5.56 Å². The van der Waals surface area contributed by atoms with Crippen molar-refractivity contribution in [1.29, 1.82) is 0 Å². The molecule has 0 saturated carbocycles. The van der Waals surface area contributed by atoms with Crippen LogP contribution in [0.3, 0.4) is 0 Å². The number of hydrogen-bond acceptors (Lipinski definition) is 7. The lowest BCUT2D eigenvalue weighted by Gasteiger charge is -2.24. The van der Waals surface area contributed by atoms with E-state index in [1.807, 2.05) is 36.4 Å². The highest BCUT2D eigenvalue weighted by atomic mass is 35.5. The van der Waals surface area contributed by atoms with Gasteiger partial charge in [0.2, 0.25) is 5.89 Å². The third kappa shape index (κ3) is 3.96. The molecule has 1 aliphatic heterocycles. The molecule has 1 aromatic carbocycles. The fourth-order valence-electron chi connectivity index (χ4n) is 4.00. The van der Waals surface area contributed by atoms with Crippen molar-refractivity contribution in [1.82, 2.24) is 24.6 Å². The summed E-state index contributed by atoms with van der Waals surface area (Å²) in [5.41, 5.74) is 1.09. The van der Waals surface area contributed by atoms with E-state index < -0.39 is 0 Å². The van der Waals surface area contributed by atoms with Crippen molar-refractivity contribution >= 4 is 34.0 Å². The van der Waals surface area contributed by atoms with E-state index in [9.17, 15) is 9.59 Å². The predicted molar refractivity (Wildman–Crippen MR) is 122 cm³/mol. The fourth-order valence-corrected chi connectivity index (χ4v) is 5.10. The van der Waals surface area contributed by atoms with E-state index in [1.165, 1.54) is 15.9 Å². The lowest BCUT2D eigenvalue weighted by molar-refractivity contribution is 0.345. The zero-order valence-electron chi connectivity index (χ0n) is 16.9. The number of nitrogens with one attached hydrogen (secondary N) is 1. The topological polar surface area (TPSA) is 95.0 Å². The number of benzene rings is 1. The first kappa shape index (κ1) is 21.5. The number of hydrogen-bond donors (Lipinski definition) is 1. The molecule has 0 radical (unpaired) electrons. The van der Waals surface area contributed by atoms with Gasteiger partial charge in [0.15, 0.2) is 5.82 Å². The third-order valence-corrected chi connectivity index (χ3v) is 6.62. The van der Waals surface area contributed by atoms with Crippen LogP contribution in [0.5, 0.6) is 0 Å². The van der Waals surface area contributed by atoms with Crippen LogP contribution in [0, 0.1) is 6.92 Å². The molecule has 162 valence electrons. The average molecular weight is 460 g/mol. The van der Waals surface area contributed by atoms with Crippen LogP contribution >= 0.6 is 23.7 Å². The second-order valence-corrected chi connectivity index (χ2v) is 8.50. The number of aromatic nitrogens is 4. The number of aryl methyl sites for hydroxylation is 1. The van der Waals surface area contributed by atoms with Gasteiger partial charge in [-0.3, -0.25) is 13.9 Å². The van der Waals surface area contributed by atoms with E-state index in [2.05, 4.69) is 15.5 Å². The van der Waals surface area contributed by atoms with Crippen LogP contribution in [0.2, 0.25) is 0 Å². The summed E-state index contributed by atoms with van der Waals surface area (Å²) in [7, 11) is 0. The molecule has 0 atom stereocenters. The molecular formula is C21H22ClN5O3S. The Balaban J connectivity index is 0.00000231. The fraction of sp³-hybridized carbons (Fsp3) is 0.333. The highest BCUT2D eigenvalue weighted by molar-refractivity contribution is 7.22. The van der Waals surface area contributed by atoms with Gasteiger partial charge in [-0.2, -0.15) is 4.98 Å². The van der Waals surface area contributed by atoms with E-state index in [4.69, 9.17) is 4.52 Å². The Hall–Kier alpha value is -2.75. The summed E-state index contributed by atoms with van der Waals surface area (Å²) in [4.78, 5) is 32.1. The molecule has 1 fully saturated rings. The summed E-state index contributed by atoms with van der Waals surface area (Å²) >= 11 is 1.42. The molecule has 1 saturated heterocycles. The van der Waals surface area contributed by atoms with E-state index >= 15 is 0 Å². The molecule has 4 heterocycles. The first-order valence-electron chi connectivity index (χ1n) is 9.96. The molecule has 0 amide bonds. The Morgan fingerprint density at radius 1 is 1.19 bits per heavy atom. The molecule has 0 aliphatic carbocycles. The highest BCUT2D eigenvalue weighted by Crippen LogP contribution is 2.31. The second-order valence-electron chi connectivity index (χ2n) is 7.45. The minimum Gasteiger partial charge on any atom is -0.340 e. The molecular weight excluding hydrogens is 438 g/mol. The van der Waals surface area contributed by atoms with Gasteiger partial charge in [0, 0.05) is 17.8 Å². The molecule has 5 rings (SSSR count). The van der Waals surface area contributed by atoms with Crippen LogP contribution in [-0.4, -0.2) is 32.4 Å². The summed E-state index contributed by atoms with van der Waals surface area (Å²) in [6, 6.07) is 11.7. The number of thiophene rings is 1. The lowest BCUT2D eigenvalue weighted by atomic mass is 10.1. The molecule has 0 unspecified atom stereocenters. The number of halogens is 1. The molecule has 10 heteroatoms. The van der Waals surface area contributed by atoms with E-state index in [-0.39, 0.29) is 36.2 Å². The number of piperidine rings is 1. The maximum Gasteiger partial charge on any atom is 0.332 e. The highest BCUT2D eigenvalue weighted by Gasteiger charge is 2.24. The van der Waals surface area contributed by atoms with Gasteiger partial charge in [0.05, 0.1) is 12.1 Å². The maximum atomic E-state index is 13.5. The minimum absolute atomic E-state index is 0. The quantitative estimate of drug-likeness (QED) is 0.504. The molecule has 8 nitrogen and oxygen atoms in total. The first-order chi connectivity index (χ1) is 14.6.